The van der Waals surface area contributed by atoms with Crippen LogP contribution >= 0.6 is 0 Å². The minimum absolute atomic E-state index is 0.167. The molecule has 1 atom stereocenters. The molecule has 2 aliphatic rings. The van der Waals surface area contributed by atoms with Crippen molar-refractivity contribution in [3.8, 4) is 0 Å². The lowest BCUT2D eigenvalue weighted by Gasteiger charge is -2.26. The van der Waals surface area contributed by atoms with E-state index in [9.17, 15) is 13.2 Å². The highest BCUT2D eigenvalue weighted by Crippen LogP contribution is 2.30. The first-order valence-corrected chi connectivity index (χ1v) is 5.14. The van der Waals surface area contributed by atoms with Gasteiger partial charge in [0, 0.05) is 25.2 Å². The Balaban J connectivity index is 1.82. The Bertz CT molecular complexity index is 201. The highest BCUT2D eigenvalue weighted by molar-refractivity contribution is 4.87. The maximum absolute atomic E-state index is 12.4. The number of alkyl halides is 3. The zero-order chi connectivity index (χ0) is 10.2. The van der Waals surface area contributed by atoms with Gasteiger partial charge in [-0.3, -0.25) is 0 Å². The molecule has 0 aromatic heterocycles. The van der Waals surface area contributed by atoms with Crippen LogP contribution in [-0.4, -0.2) is 36.4 Å². The second-order valence-corrected chi connectivity index (χ2v) is 4.14. The first kappa shape index (κ1) is 10.2. The summed E-state index contributed by atoms with van der Waals surface area (Å²) in [6.07, 6.45) is -0.570. The van der Waals surface area contributed by atoms with Crippen LogP contribution in [0.2, 0.25) is 0 Å². The van der Waals surface area contributed by atoms with Crippen molar-refractivity contribution >= 4 is 0 Å². The van der Waals surface area contributed by atoms with Crippen molar-refractivity contribution < 1.29 is 13.2 Å². The van der Waals surface area contributed by atoms with Gasteiger partial charge in [0.05, 0.1) is 0 Å². The van der Waals surface area contributed by atoms with Crippen molar-refractivity contribution in [2.75, 3.05) is 13.1 Å². The molecule has 82 valence electrons. The molecule has 1 aliphatic heterocycles. The third-order valence-corrected chi connectivity index (χ3v) is 2.92. The molecule has 2 fully saturated rings. The number of nitrogens with zero attached hydrogens (tertiary/aromatic N) is 1. The average molecular weight is 208 g/mol. The molecule has 2 rings (SSSR count). The van der Waals surface area contributed by atoms with E-state index in [4.69, 9.17) is 0 Å². The first-order valence-electron chi connectivity index (χ1n) is 5.14. The predicted molar refractivity (Wildman–Crippen MR) is 46.8 cm³/mol. The Morgan fingerprint density at radius 3 is 2.50 bits per heavy atom. The van der Waals surface area contributed by atoms with Gasteiger partial charge >= 0.3 is 6.30 Å². The third-order valence-electron chi connectivity index (χ3n) is 2.92. The van der Waals surface area contributed by atoms with Gasteiger partial charge < -0.3 is 5.32 Å². The zero-order valence-corrected chi connectivity index (χ0v) is 7.98. The zero-order valence-electron chi connectivity index (χ0n) is 7.98. The SMILES string of the molecule is FC(F)(F)N1CCCC1CNC1CC1. The molecule has 1 heterocycles. The number of rotatable bonds is 3. The van der Waals surface area contributed by atoms with Gasteiger partial charge in [0.25, 0.3) is 0 Å². The lowest BCUT2D eigenvalue weighted by molar-refractivity contribution is -0.249. The van der Waals surface area contributed by atoms with Crippen molar-refractivity contribution in [2.24, 2.45) is 0 Å². The molecule has 0 bridgehead atoms. The second-order valence-electron chi connectivity index (χ2n) is 4.14. The molecular formula is C9H15F3N2. The van der Waals surface area contributed by atoms with Gasteiger partial charge in [0.1, 0.15) is 0 Å². The van der Waals surface area contributed by atoms with Gasteiger partial charge in [-0.25, -0.2) is 4.90 Å². The van der Waals surface area contributed by atoms with Crippen molar-refractivity contribution in [1.82, 2.24) is 10.2 Å². The predicted octanol–water partition coefficient (Wildman–Crippen LogP) is 1.72. The second kappa shape index (κ2) is 3.70. The van der Waals surface area contributed by atoms with Crippen LogP contribution in [0.3, 0.4) is 0 Å². The Morgan fingerprint density at radius 2 is 1.93 bits per heavy atom. The summed E-state index contributed by atoms with van der Waals surface area (Å²) in [5, 5.41) is 3.16. The summed E-state index contributed by atoms with van der Waals surface area (Å²) in [7, 11) is 0. The van der Waals surface area contributed by atoms with Gasteiger partial charge in [0.15, 0.2) is 0 Å². The normalized spacial score (nSPS) is 29.8. The van der Waals surface area contributed by atoms with Crippen LogP contribution in [0.4, 0.5) is 13.2 Å². The van der Waals surface area contributed by atoms with Crippen LogP contribution in [0, 0.1) is 0 Å². The standard InChI is InChI=1S/C9H15F3N2/c10-9(11,12)14-5-1-2-8(14)6-13-7-3-4-7/h7-8,13H,1-6H2. The van der Waals surface area contributed by atoms with Gasteiger partial charge in [-0.15, -0.1) is 0 Å². The lowest BCUT2D eigenvalue weighted by Crippen LogP contribution is -2.46. The van der Waals surface area contributed by atoms with Crippen molar-refractivity contribution in [1.29, 1.82) is 0 Å². The molecule has 1 unspecified atom stereocenters. The van der Waals surface area contributed by atoms with Crippen LogP contribution < -0.4 is 5.32 Å². The van der Waals surface area contributed by atoms with E-state index in [1.807, 2.05) is 0 Å². The minimum atomic E-state index is -4.15. The van der Waals surface area contributed by atoms with E-state index in [-0.39, 0.29) is 12.6 Å². The maximum Gasteiger partial charge on any atom is 0.460 e. The lowest BCUT2D eigenvalue weighted by atomic mass is 10.2. The van der Waals surface area contributed by atoms with Crippen molar-refractivity contribution in [3.63, 3.8) is 0 Å². The smallest absolute Gasteiger partial charge is 0.312 e. The van der Waals surface area contributed by atoms with E-state index < -0.39 is 6.30 Å². The van der Waals surface area contributed by atoms with Gasteiger partial charge in [-0.2, -0.15) is 13.2 Å². The average Bonchev–Trinajstić information content (AvgIpc) is 2.77. The molecule has 1 saturated heterocycles. The van der Waals surface area contributed by atoms with Crippen LogP contribution in [-0.2, 0) is 0 Å². The third kappa shape index (κ3) is 2.39. The molecular weight excluding hydrogens is 193 g/mol. The van der Waals surface area contributed by atoms with Crippen molar-refractivity contribution in [3.05, 3.63) is 0 Å². The molecule has 1 aliphatic carbocycles. The number of halogens is 3. The Hall–Kier alpha value is -0.290. The largest absolute Gasteiger partial charge is 0.460 e. The summed E-state index contributed by atoms with van der Waals surface area (Å²) in [6, 6.07) is 0.154. The topological polar surface area (TPSA) is 15.3 Å². The van der Waals surface area contributed by atoms with Gasteiger partial charge in [-0.1, -0.05) is 0 Å². The summed E-state index contributed by atoms with van der Waals surface area (Å²) < 4.78 is 37.3. The number of hydrogen-bond acceptors (Lipinski definition) is 2. The molecule has 0 aromatic rings. The molecule has 5 heteroatoms. The molecule has 1 N–H and O–H groups in total. The number of likely N-dealkylation sites (tertiary alicyclic amines) is 1. The summed E-state index contributed by atoms with van der Waals surface area (Å²) in [5.74, 6) is 0. The van der Waals surface area contributed by atoms with E-state index in [0.29, 0.717) is 30.3 Å². The number of hydrogen-bond donors (Lipinski definition) is 1. The first-order chi connectivity index (χ1) is 6.57. The fraction of sp³-hybridized carbons (Fsp3) is 1.00. The number of nitrogens with one attached hydrogen (secondary N) is 1. The fourth-order valence-corrected chi connectivity index (χ4v) is 1.97. The van der Waals surface area contributed by atoms with Crippen LogP contribution in [0.25, 0.3) is 0 Å². The highest BCUT2D eigenvalue weighted by Gasteiger charge is 2.44. The van der Waals surface area contributed by atoms with E-state index in [1.54, 1.807) is 0 Å². The van der Waals surface area contributed by atoms with E-state index in [0.717, 1.165) is 12.8 Å². The highest BCUT2D eigenvalue weighted by atomic mass is 19.4. The molecule has 0 spiro atoms. The Labute approximate surface area is 81.5 Å². The van der Waals surface area contributed by atoms with E-state index in [2.05, 4.69) is 5.32 Å². The minimum Gasteiger partial charge on any atom is -0.312 e. The molecule has 14 heavy (non-hydrogen) atoms. The van der Waals surface area contributed by atoms with Crippen molar-refractivity contribution in [2.45, 2.75) is 44.1 Å². The van der Waals surface area contributed by atoms with E-state index in [1.165, 1.54) is 0 Å². The summed E-state index contributed by atoms with van der Waals surface area (Å²) >= 11 is 0. The quantitative estimate of drug-likeness (QED) is 0.710. The molecule has 2 nitrogen and oxygen atoms in total. The Morgan fingerprint density at radius 1 is 1.21 bits per heavy atom. The van der Waals surface area contributed by atoms with Crippen LogP contribution in [0.15, 0.2) is 0 Å². The van der Waals surface area contributed by atoms with Gasteiger partial charge in [-0.05, 0) is 25.7 Å². The molecule has 0 aromatic carbocycles. The molecule has 1 saturated carbocycles. The fourth-order valence-electron chi connectivity index (χ4n) is 1.97. The summed E-state index contributed by atoms with van der Waals surface area (Å²) in [5.41, 5.74) is 0. The van der Waals surface area contributed by atoms with Gasteiger partial charge in [0.2, 0.25) is 0 Å². The molecule has 0 radical (unpaired) electrons. The maximum atomic E-state index is 12.4. The Kier molecular flexibility index (Phi) is 2.70. The van der Waals surface area contributed by atoms with E-state index >= 15 is 0 Å². The summed E-state index contributed by atoms with van der Waals surface area (Å²) in [6.45, 7) is 0.657. The monoisotopic (exact) mass is 208 g/mol. The summed E-state index contributed by atoms with van der Waals surface area (Å²) in [4.78, 5) is 0.669. The van der Waals surface area contributed by atoms with Crippen LogP contribution in [0.5, 0.6) is 0 Å². The van der Waals surface area contributed by atoms with Crippen LogP contribution in [0.1, 0.15) is 25.7 Å². The molecule has 0 amide bonds.